The second kappa shape index (κ2) is 67.1. The van der Waals surface area contributed by atoms with Crippen LogP contribution in [0.15, 0.2) is 85.1 Å². The lowest BCUT2D eigenvalue weighted by atomic mass is 10.0. The van der Waals surface area contributed by atoms with Gasteiger partial charge < -0.3 is 14.2 Å². The van der Waals surface area contributed by atoms with Gasteiger partial charge in [0.05, 0.1) is 0 Å². The molecule has 0 spiro atoms. The first-order valence-electron chi connectivity index (χ1n) is 34.1. The van der Waals surface area contributed by atoms with Crippen molar-refractivity contribution in [2.45, 2.75) is 348 Å². The van der Waals surface area contributed by atoms with E-state index in [1.807, 2.05) is 0 Å². The fourth-order valence-corrected chi connectivity index (χ4v) is 9.81. The molecular formula is C73H128O6. The highest BCUT2D eigenvalue weighted by Gasteiger charge is 2.19. The summed E-state index contributed by atoms with van der Waals surface area (Å²) >= 11 is 0. The topological polar surface area (TPSA) is 78.9 Å². The van der Waals surface area contributed by atoms with Crippen molar-refractivity contribution >= 4 is 17.9 Å². The Bertz CT molecular complexity index is 1500. The molecular weight excluding hydrogens is 973 g/mol. The summed E-state index contributed by atoms with van der Waals surface area (Å²) < 4.78 is 16.9. The molecule has 1 atom stereocenters. The van der Waals surface area contributed by atoms with Crippen LogP contribution in [0.1, 0.15) is 342 Å². The Morgan fingerprint density at radius 1 is 0.266 bits per heavy atom. The molecule has 0 saturated heterocycles. The Labute approximate surface area is 490 Å². The Kier molecular flexibility index (Phi) is 64.2. The van der Waals surface area contributed by atoms with E-state index in [1.54, 1.807) is 0 Å². The number of carbonyl (C=O) groups is 3. The number of hydrogen-bond acceptors (Lipinski definition) is 6. The van der Waals surface area contributed by atoms with E-state index in [1.165, 1.54) is 212 Å². The number of rotatable bonds is 62. The lowest BCUT2D eigenvalue weighted by Gasteiger charge is -2.18. The van der Waals surface area contributed by atoms with E-state index >= 15 is 0 Å². The van der Waals surface area contributed by atoms with Crippen molar-refractivity contribution in [1.82, 2.24) is 0 Å². The van der Waals surface area contributed by atoms with Gasteiger partial charge in [-0.05, 0) is 89.9 Å². The Morgan fingerprint density at radius 3 is 0.823 bits per heavy atom. The molecule has 0 amide bonds. The van der Waals surface area contributed by atoms with Crippen LogP contribution in [-0.2, 0) is 28.6 Å². The second-order valence-corrected chi connectivity index (χ2v) is 22.7. The van der Waals surface area contributed by atoms with Gasteiger partial charge in [0.2, 0.25) is 0 Å². The van der Waals surface area contributed by atoms with Crippen LogP contribution in [0.2, 0.25) is 0 Å². The van der Waals surface area contributed by atoms with Gasteiger partial charge in [0, 0.05) is 19.3 Å². The standard InChI is InChI=1S/C73H128O6/c1-4-7-10-13-16-19-22-25-28-31-33-35-36-38-39-42-45-48-51-54-57-60-63-66-72(75)78-69-70(68-77-71(74)65-62-59-56-53-50-47-44-41-30-27-24-21-18-15-12-9-6-3)79-73(76)67-64-61-58-55-52-49-46-43-40-37-34-32-29-26-23-20-17-14-11-8-5-2/h9,12,18,21-22,25,27,30-31,33,44,47,53,56,70H,4-8,10-11,13-17,19-20,23-24,26,28-29,32,34-43,45-46,48-52,54-55,57-69H2,1-3H3/b12-9-,21-18-,25-22-,30-27-,33-31-,47-44-,56-53-. The van der Waals surface area contributed by atoms with Crippen molar-refractivity contribution in [1.29, 1.82) is 0 Å². The van der Waals surface area contributed by atoms with E-state index in [0.717, 1.165) is 83.5 Å². The molecule has 0 bridgehead atoms. The summed E-state index contributed by atoms with van der Waals surface area (Å²) in [4.78, 5) is 38.4. The molecule has 79 heavy (non-hydrogen) atoms. The van der Waals surface area contributed by atoms with Crippen LogP contribution in [0.25, 0.3) is 0 Å². The van der Waals surface area contributed by atoms with Gasteiger partial charge in [-0.3, -0.25) is 14.4 Å². The summed E-state index contributed by atoms with van der Waals surface area (Å²) in [6.45, 7) is 6.52. The molecule has 6 nitrogen and oxygen atoms in total. The number of allylic oxidation sites excluding steroid dienone is 14. The van der Waals surface area contributed by atoms with Gasteiger partial charge in [-0.2, -0.15) is 0 Å². The molecule has 0 fully saturated rings. The van der Waals surface area contributed by atoms with Gasteiger partial charge in [-0.15, -0.1) is 0 Å². The van der Waals surface area contributed by atoms with Crippen LogP contribution >= 0.6 is 0 Å². The lowest BCUT2D eigenvalue weighted by Crippen LogP contribution is -2.30. The first-order chi connectivity index (χ1) is 39.0. The van der Waals surface area contributed by atoms with Crippen molar-refractivity contribution in [2.24, 2.45) is 0 Å². The second-order valence-electron chi connectivity index (χ2n) is 22.7. The molecule has 0 aromatic heterocycles. The quantitative estimate of drug-likeness (QED) is 0.0261. The summed E-state index contributed by atoms with van der Waals surface area (Å²) in [5.74, 6) is -0.937. The molecule has 0 aromatic rings. The molecule has 0 N–H and O–H groups in total. The average Bonchev–Trinajstić information content (AvgIpc) is 3.45. The van der Waals surface area contributed by atoms with Crippen molar-refractivity contribution in [2.75, 3.05) is 13.2 Å². The maximum absolute atomic E-state index is 12.9. The van der Waals surface area contributed by atoms with Gasteiger partial charge >= 0.3 is 17.9 Å². The maximum atomic E-state index is 12.9. The number of esters is 3. The fourth-order valence-electron chi connectivity index (χ4n) is 9.81. The van der Waals surface area contributed by atoms with E-state index < -0.39 is 6.10 Å². The van der Waals surface area contributed by atoms with Crippen LogP contribution in [0.4, 0.5) is 0 Å². The molecule has 6 heteroatoms. The average molecular weight is 1100 g/mol. The van der Waals surface area contributed by atoms with E-state index in [-0.39, 0.29) is 37.5 Å². The predicted octanol–water partition coefficient (Wildman–Crippen LogP) is 23.4. The summed E-state index contributed by atoms with van der Waals surface area (Å²) in [6.07, 6.45) is 88.9. The van der Waals surface area contributed by atoms with Crippen molar-refractivity contribution < 1.29 is 28.6 Å². The molecule has 0 aliphatic carbocycles. The number of carbonyl (C=O) groups excluding carboxylic acids is 3. The normalized spacial score (nSPS) is 12.6. The van der Waals surface area contributed by atoms with Gasteiger partial charge in [-0.1, -0.05) is 318 Å². The predicted molar refractivity (Wildman–Crippen MR) is 344 cm³/mol. The fraction of sp³-hybridized carbons (Fsp3) is 0.767. The Balaban J connectivity index is 4.39. The van der Waals surface area contributed by atoms with Crippen molar-refractivity contribution in [3.05, 3.63) is 85.1 Å². The molecule has 0 aliphatic rings. The van der Waals surface area contributed by atoms with E-state index in [2.05, 4.69) is 106 Å². The Hall–Kier alpha value is -3.41. The highest BCUT2D eigenvalue weighted by Crippen LogP contribution is 2.17. The molecule has 0 rings (SSSR count). The third-order valence-electron chi connectivity index (χ3n) is 14.9. The minimum absolute atomic E-state index is 0.0924. The van der Waals surface area contributed by atoms with Crippen LogP contribution < -0.4 is 0 Å². The lowest BCUT2D eigenvalue weighted by molar-refractivity contribution is -0.167. The molecule has 0 aliphatic heterocycles. The zero-order valence-corrected chi connectivity index (χ0v) is 52.4. The molecule has 0 heterocycles. The zero-order valence-electron chi connectivity index (χ0n) is 52.4. The van der Waals surface area contributed by atoms with Crippen molar-refractivity contribution in [3.8, 4) is 0 Å². The number of ether oxygens (including phenoxy) is 3. The maximum Gasteiger partial charge on any atom is 0.306 e. The first-order valence-corrected chi connectivity index (χ1v) is 34.1. The van der Waals surface area contributed by atoms with Gasteiger partial charge in [-0.25, -0.2) is 0 Å². The largest absolute Gasteiger partial charge is 0.462 e. The summed E-state index contributed by atoms with van der Waals surface area (Å²) in [5.41, 5.74) is 0. The smallest absolute Gasteiger partial charge is 0.306 e. The van der Waals surface area contributed by atoms with Crippen LogP contribution in [0, 0.1) is 0 Å². The molecule has 1 unspecified atom stereocenters. The van der Waals surface area contributed by atoms with E-state index in [4.69, 9.17) is 14.2 Å². The highest BCUT2D eigenvalue weighted by atomic mass is 16.6. The van der Waals surface area contributed by atoms with E-state index in [9.17, 15) is 14.4 Å². The SMILES string of the molecule is CC/C=C\C/C=C\C/C=C\C/C=C\C/C=C\CCCC(=O)OCC(COC(=O)CCCCCCCCCCCCC/C=C\C/C=C\CCCCCCC)OC(=O)CCCCCCCCCCCCCCCCCCCCCCC. The van der Waals surface area contributed by atoms with E-state index in [0.29, 0.717) is 19.3 Å². The van der Waals surface area contributed by atoms with Crippen LogP contribution in [0.3, 0.4) is 0 Å². The first kappa shape index (κ1) is 75.6. The van der Waals surface area contributed by atoms with Gasteiger partial charge in [0.1, 0.15) is 13.2 Å². The molecule has 0 radical (unpaired) electrons. The highest BCUT2D eigenvalue weighted by molar-refractivity contribution is 5.71. The number of unbranched alkanes of at least 4 members (excludes halogenated alkanes) is 37. The molecule has 456 valence electrons. The number of hydrogen-bond donors (Lipinski definition) is 0. The Morgan fingerprint density at radius 2 is 0.506 bits per heavy atom. The monoisotopic (exact) mass is 1100 g/mol. The summed E-state index contributed by atoms with van der Waals surface area (Å²) in [5, 5.41) is 0. The summed E-state index contributed by atoms with van der Waals surface area (Å²) in [6, 6.07) is 0. The molecule has 0 aromatic carbocycles. The third-order valence-corrected chi connectivity index (χ3v) is 14.9. The van der Waals surface area contributed by atoms with Gasteiger partial charge in [0.25, 0.3) is 0 Å². The minimum Gasteiger partial charge on any atom is -0.462 e. The minimum atomic E-state index is -0.801. The third kappa shape index (κ3) is 65.3. The van der Waals surface area contributed by atoms with Crippen LogP contribution in [0.5, 0.6) is 0 Å². The summed E-state index contributed by atoms with van der Waals surface area (Å²) in [7, 11) is 0. The molecule has 0 saturated carbocycles. The zero-order chi connectivity index (χ0) is 57.1. The van der Waals surface area contributed by atoms with Crippen molar-refractivity contribution in [3.63, 3.8) is 0 Å². The van der Waals surface area contributed by atoms with Gasteiger partial charge in [0.15, 0.2) is 6.10 Å². The van der Waals surface area contributed by atoms with Crippen LogP contribution in [-0.4, -0.2) is 37.2 Å².